The summed E-state index contributed by atoms with van der Waals surface area (Å²) >= 11 is 6.02. The Morgan fingerprint density at radius 2 is 1.64 bits per heavy atom. The highest BCUT2D eigenvalue weighted by Gasteiger charge is 2.41. The van der Waals surface area contributed by atoms with Crippen molar-refractivity contribution >= 4 is 39.9 Å². The number of nitrogens with two attached hydrogens (primary N) is 1. The van der Waals surface area contributed by atoms with E-state index in [0.29, 0.717) is 25.9 Å². The van der Waals surface area contributed by atoms with Crippen LogP contribution in [0.3, 0.4) is 0 Å². The third-order valence-electron chi connectivity index (χ3n) is 4.90. The van der Waals surface area contributed by atoms with E-state index in [9.17, 15) is 13.2 Å². The Labute approximate surface area is 159 Å². The number of carbonyl (C=O) groups is 1. The second-order valence-electron chi connectivity index (χ2n) is 6.49. The number of halogens is 2. The van der Waals surface area contributed by atoms with Crippen LogP contribution in [-0.4, -0.2) is 55.2 Å². The van der Waals surface area contributed by atoms with E-state index in [1.165, 1.54) is 10.4 Å². The third kappa shape index (κ3) is 3.95. The van der Waals surface area contributed by atoms with Crippen molar-refractivity contribution in [3.8, 4) is 0 Å². The second-order valence-corrected chi connectivity index (χ2v) is 8.80. The van der Waals surface area contributed by atoms with Crippen LogP contribution in [0.4, 0.5) is 0 Å². The van der Waals surface area contributed by atoms with E-state index in [4.69, 9.17) is 17.3 Å². The highest BCUT2D eigenvalue weighted by molar-refractivity contribution is 7.89. The first-order chi connectivity index (χ1) is 11.3. The van der Waals surface area contributed by atoms with Crippen LogP contribution < -0.4 is 5.73 Å². The molecule has 0 radical (unpaired) electrons. The van der Waals surface area contributed by atoms with Crippen molar-refractivity contribution in [2.75, 3.05) is 26.2 Å². The zero-order valence-corrected chi connectivity index (χ0v) is 16.2. The Bertz CT molecular complexity index is 728. The molecule has 1 aliphatic heterocycles. The molecule has 2 fully saturated rings. The smallest absolute Gasteiger partial charge is 0.244 e. The molecule has 3 rings (SSSR count). The maximum Gasteiger partial charge on any atom is 0.244 e. The van der Waals surface area contributed by atoms with E-state index >= 15 is 0 Å². The maximum absolute atomic E-state index is 12.7. The van der Waals surface area contributed by atoms with Crippen molar-refractivity contribution in [3.05, 3.63) is 29.3 Å². The van der Waals surface area contributed by atoms with Crippen molar-refractivity contribution in [2.45, 2.75) is 36.1 Å². The third-order valence-corrected chi connectivity index (χ3v) is 7.30. The van der Waals surface area contributed by atoms with Crippen LogP contribution in [0.5, 0.6) is 0 Å². The minimum atomic E-state index is -3.64. The second kappa shape index (κ2) is 7.80. The van der Waals surface area contributed by atoms with Crippen LogP contribution in [0.25, 0.3) is 0 Å². The molecule has 1 amide bonds. The molecule has 0 atom stereocenters. The van der Waals surface area contributed by atoms with E-state index in [1.807, 2.05) is 0 Å². The molecule has 2 N–H and O–H groups in total. The van der Waals surface area contributed by atoms with Crippen LogP contribution in [0, 0.1) is 0 Å². The van der Waals surface area contributed by atoms with E-state index in [-0.39, 0.29) is 41.3 Å². The molecule has 1 saturated heterocycles. The zero-order valence-electron chi connectivity index (χ0n) is 13.9. The molecule has 1 heterocycles. The average Bonchev–Trinajstić information content (AvgIpc) is 3.02. The van der Waals surface area contributed by atoms with Gasteiger partial charge in [-0.25, -0.2) is 8.42 Å². The molecule has 0 unspecified atom stereocenters. The van der Waals surface area contributed by atoms with E-state index in [1.54, 1.807) is 23.1 Å². The van der Waals surface area contributed by atoms with Crippen LogP contribution in [0.1, 0.15) is 25.7 Å². The van der Waals surface area contributed by atoms with Gasteiger partial charge in [-0.3, -0.25) is 4.79 Å². The van der Waals surface area contributed by atoms with Crippen LogP contribution in [-0.2, 0) is 14.8 Å². The summed E-state index contributed by atoms with van der Waals surface area (Å²) in [7, 11) is -3.64. The number of benzene rings is 1. The predicted molar refractivity (Wildman–Crippen MR) is 99.4 cm³/mol. The molecular formula is C16H23Cl2N3O3S. The molecule has 1 saturated carbocycles. The Hall–Kier alpha value is -0.860. The van der Waals surface area contributed by atoms with Crippen molar-refractivity contribution < 1.29 is 13.2 Å². The monoisotopic (exact) mass is 407 g/mol. The fraction of sp³-hybridized carbons (Fsp3) is 0.562. The number of carbonyl (C=O) groups excluding carboxylic acids is 1. The van der Waals surface area contributed by atoms with Gasteiger partial charge in [0.15, 0.2) is 0 Å². The topological polar surface area (TPSA) is 83.7 Å². The molecule has 0 aromatic heterocycles. The molecule has 6 nitrogen and oxygen atoms in total. The molecule has 0 spiro atoms. The first-order valence-electron chi connectivity index (χ1n) is 8.17. The van der Waals surface area contributed by atoms with Crippen LogP contribution in [0.15, 0.2) is 29.2 Å². The summed E-state index contributed by atoms with van der Waals surface area (Å²) in [5.74, 6) is -0.0465. The predicted octanol–water partition coefficient (Wildman–Crippen LogP) is 1.87. The van der Waals surface area contributed by atoms with Crippen LogP contribution >= 0.6 is 24.0 Å². The summed E-state index contributed by atoms with van der Waals surface area (Å²) in [5, 5.41) is 0.211. The molecule has 9 heteroatoms. The summed E-state index contributed by atoms with van der Waals surface area (Å²) in [6.45, 7) is 1.24. The Balaban J connectivity index is 0.00000225. The van der Waals surface area contributed by atoms with Gasteiger partial charge in [-0.1, -0.05) is 36.6 Å². The largest absolute Gasteiger partial charge is 0.338 e. The van der Waals surface area contributed by atoms with Gasteiger partial charge >= 0.3 is 0 Å². The normalized spacial score (nSPS) is 21.0. The summed E-state index contributed by atoms with van der Waals surface area (Å²) in [5.41, 5.74) is 5.46. The number of piperazine rings is 1. The van der Waals surface area contributed by atoms with Gasteiger partial charge in [-0.05, 0) is 25.0 Å². The van der Waals surface area contributed by atoms with E-state index in [0.717, 1.165) is 12.8 Å². The Kier molecular flexibility index (Phi) is 6.38. The minimum Gasteiger partial charge on any atom is -0.338 e. The van der Waals surface area contributed by atoms with Gasteiger partial charge in [0.1, 0.15) is 4.90 Å². The number of amides is 1. The zero-order chi connectivity index (χ0) is 17.4. The van der Waals surface area contributed by atoms with Crippen molar-refractivity contribution in [3.63, 3.8) is 0 Å². The lowest BCUT2D eigenvalue weighted by Gasteiger charge is -2.38. The van der Waals surface area contributed by atoms with Crippen molar-refractivity contribution in [1.29, 1.82) is 0 Å². The maximum atomic E-state index is 12.7. The van der Waals surface area contributed by atoms with Gasteiger partial charge in [0.05, 0.1) is 10.6 Å². The van der Waals surface area contributed by atoms with E-state index < -0.39 is 15.6 Å². The number of nitrogens with zero attached hydrogens (tertiary/aromatic N) is 2. The average molecular weight is 408 g/mol. The van der Waals surface area contributed by atoms with Crippen molar-refractivity contribution in [2.24, 2.45) is 5.73 Å². The highest BCUT2D eigenvalue weighted by atomic mass is 35.5. The van der Waals surface area contributed by atoms with Gasteiger partial charge < -0.3 is 10.6 Å². The molecule has 1 aromatic rings. The fourth-order valence-electron chi connectivity index (χ4n) is 3.46. The summed E-state index contributed by atoms with van der Waals surface area (Å²) in [6.07, 6.45) is 3.38. The molecular weight excluding hydrogens is 385 g/mol. The van der Waals surface area contributed by atoms with Gasteiger partial charge in [0.25, 0.3) is 0 Å². The Morgan fingerprint density at radius 1 is 1.08 bits per heavy atom. The summed E-state index contributed by atoms with van der Waals surface area (Å²) in [6, 6.07) is 6.41. The SMILES string of the molecule is Cl.NC1(C(=O)N2CCN(S(=O)(=O)c3ccccc3Cl)CC2)CCCC1. The minimum absolute atomic E-state index is 0. The van der Waals surface area contributed by atoms with E-state index in [2.05, 4.69) is 0 Å². The first-order valence-corrected chi connectivity index (χ1v) is 9.99. The number of rotatable bonds is 3. The van der Waals surface area contributed by atoms with Crippen molar-refractivity contribution in [1.82, 2.24) is 9.21 Å². The molecule has 2 aliphatic rings. The van der Waals surface area contributed by atoms with Gasteiger partial charge in [0.2, 0.25) is 15.9 Å². The standard InChI is InChI=1S/C16H22ClN3O3S.ClH/c17-13-5-1-2-6-14(13)24(22,23)20-11-9-19(10-12-20)15(21)16(18)7-3-4-8-16;/h1-2,5-6H,3-4,7-12,18H2;1H. The lowest BCUT2D eigenvalue weighted by atomic mass is 9.97. The lowest BCUT2D eigenvalue weighted by molar-refractivity contribution is -0.138. The molecule has 140 valence electrons. The number of sulfonamides is 1. The first kappa shape index (κ1) is 20.5. The quantitative estimate of drug-likeness (QED) is 0.828. The van der Waals surface area contributed by atoms with Crippen LogP contribution in [0.2, 0.25) is 5.02 Å². The highest BCUT2D eigenvalue weighted by Crippen LogP contribution is 2.30. The van der Waals surface area contributed by atoms with Gasteiger partial charge in [0, 0.05) is 26.2 Å². The van der Waals surface area contributed by atoms with Gasteiger partial charge in [-0.15, -0.1) is 12.4 Å². The summed E-state index contributed by atoms with van der Waals surface area (Å²) < 4.78 is 26.8. The van der Waals surface area contributed by atoms with Gasteiger partial charge in [-0.2, -0.15) is 4.31 Å². The number of hydrogen-bond donors (Lipinski definition) is 1. The lowest BCUT2D eigenvalue weighted by Crippen LogP contribution is -2.59. The molecule has 0 bridgehead atoms. The molecule has 1 aromatic carbocycles. The fourth-order valence-corrected chi connectivity index (χ4v) is 5.37. The number of hydrogen-bond acceptors (Lipinski definition) is 4. The Morgan fingerprint density at radius 3 is 2.20 bits per heavy atom. The molecule has 25 heavy (non-hydrogen) atoms. The summed E-state index contributed by atoms with van der Waals surface area (Å²) in [4.78, 5) is 14.4. The molecule has 1 aliphatic carbocycles.